The molecule has 0 bridgehead atoms. The maximum atomic E-state index is 12.7. The highest BCUT2D eigenvalue weighted by Crippen LogP contribution is 2.49. The molecule has 0 radical (unpaired) electrons. The van der Waals surface area contributed by atoms with E-state index >= 15 is 0 Å². The lowest BCUT2D eigenvalue weighted by Crippen LogP contribution is -2.34. The van der Waals surface area contributed by atoms with Crippen LogP contribution in [0.4, 0.5) is 0 Å². The maximum absolute atomic E-state index is 12.7. The van der Waals surface area contributed by atoms with Crippen LogP contribution in [0.5, 0.6) is 0 Å². The van der Waals surface area contributed by atoms with Gasteiger partial charge in [-0.1, -0.05) is 18.6 Å². The predicted molar refractivity (Wildman–Crippen MR) is 98.6 cm³/mol. The summed E-state index contributed by atoms with van der Waals surface area (Å²) >= 11 is 1.53. The molecule has 0 N–H and O–H groups in total. The number of pyridine rings is 1. The smallest absolute Gasteiger partial charge is 0.263 e. The number of likely N-dealkylation sites (tertiary alicyclic amines) is 1. The number of carbonyl (C=O) groups excluding carboxylic acids is 1. The van der Waals surface area contributed by atoms with Crippen LogP contribution in [-0.4, -0.2) is 35.5 Å². The summed E-state index contributed by atoms with van der Waals surface area (Å²) in [6, 6.07) is 9.91. The number of aromatic nitrogens is 1. The topological polar surface area (TPSA) is 42.4 Å². The molecule has 2 aliphatic rings. The summed E-state index contributed by atoms with van der Waals surface area (Å²) in [5, 5.41) is 1.97. The average Bonchev–Trinajstić information content (AvgIpc) is 3.30. The van der Waals surface area contributed by atoms with E-state index in [0.717, 1.165) is 42.4 Å². The van der Waals surface area contributed by atoms with Crippen molar-refractivity contribution in [3.63, 3.8) is 0 Å². The van der Waals surface area contributed by atoms with Crippen LogP contribution >= 0.6 is 11.3 Å². The third-order valence-corrected chi connectivity index (χ3v) is 6.50. The van der Waals surface area contributed by atoms with Crippen molar-refractivity contribution in [3.05, 3.63) is 52.0 Å². The van der Waals surface area contributed by atoms with Gasteiger partial charge in [-0.2, -0.15) is 0 Å². The van der Waals surface area contributed by atoms with E-state index < -0.39 is 0 Å². The second-order valence-electron chi connectivity index (χ2n) is 7.38. The van der Waals surface area contributed by atoms with Crippen LogP contribution in [0.3, 0.4) is 0 Å². The summed E-state index contributed by atoms with van der Waals surface area (Å²) in [6.07, 6.45) is 3.62. The molecule has 0 aromatic carbocycles. The van der Waals surface area contributed by atoms with Crippen molar-refractivity contribution >= 4 is 17.2 Å². The van der Waals surface area contributed by atoms with Crippen LogP contribution in [0, 0.1) is 18.3 Å². The highest BCUT2D eigenvalue weighted by molar-refractivity contribution is 7.12. The number of ether oxygens (including phenoxy) is 1. The van der Waals surface area contributed by atoms with Crippen molar-refractivity contribution in [1.29, 1.82) is 0 Å². The Morgan fingerprint density at radius 2 is 2.32 bits per heavy atom. The van der Waals surface area contributed by atoms with E-state index in [0.29, 0.717) is 12.5 Å². The number of hydrogen-bond acceptors (Lipinski definition) is 4. The summed E-state index contributed by atoms with van der Waals surface area (Å²) < 4.78 is 6.08. The molecule has 2 aromatic rings. The number of rotatable bonds is 5. The van der Waals surface area contributed by atoms with Crippen molar-refractivity contribution < 1.29 is 9.53 Å². The first kappa shape index (κ1) is 16.7. The Morgan fingerprint density at radius 3 is 3.12 bits per heavy atom. The molecule has 2 fully saturated rings. The van der Waals surface area contributed by atoms with Crippen LogP contribution < -0.4 is 0 Å². The molecular formula is C20H24N2O2S. The van der Waals surface area contributed by atoms with Gasteiger partial charge in [0.25, 0.3) is 5.91 Å². The van der Waals surface area contributed by atoms with Crippen molar-refractivity contribution in [1.82, 2.24) is 9.88 Å². The standard InChI is InChI=1S/C20H24N2O2S/c1-15-5-2-7-17(21-15)12-24-14-20-9-3-6-16(20)11-22(13-20)19(23)18-8-4-10-25-18/h2,4-5,7-8,10,16H,3,6,9,11-14H2,1H3/t16-,20+/m0/s1. The number of fused-ring (bicyclic) bond motifs is 1. The Bertz CT molecular complexity index is 746. The van der Waals surface area contributed by atoms with Crippen LogP contribution in [0.2, 0.25) is 0 Å². The van der Waals surface area contributed by atoms with Crippen LogP contribution in [0.15, 0.2) is 35.7 Å². The van der Waals surface area contributed by atoms with E-state index in [-0.39, 0.29) is 11.3 Å². The second-order valence-corrected chi connectivity index (χ2v) is 8.33. The van der Waals surface area contributed by atoms with Gasteiger partial charge in [-0.25, -0.2) is 0 Å². The highest BCUT2D eigenvalue weighted by atomic mass is 32.1. The zero-order valence-electron chi connectivity index (χ0n) is 14.6. The van der Waals surface area contributed by atoms with E-state index in [1.54, 1.807) is 0 Å². The first-order chi connectivity index (χ1) is 12.2. The molecule has 4 rings (SSSR count). The fourth-order valence-electron chi connectivity index (χ4n) is 4.40. The van der Waals surface area contributed by atoms with Gasteiger partial charge in [0.15, 0.2) is 0 Å². The molecule has 1 aliphatic heterocycles. The molecular weight excluding hydrogens is 332 g/mol. The second kappa shape index (κ2) is 6.89. The summed E-state index contributed by atoms with van der Waals surface area (Å²) in [5.41, 5.74) is 2.14. The molecule has 0 unspecified atom stereocenters. The molecule has 4 nitrogen and oxygen atoms in total. The first-order valence-corrected chi connectivity index (χ1v) is 9.87. The minimum atomic E-state index is 0.136. The molecule has 1 saturated carbocycles. The van der Waals surface area contributed by atoms with E-state index in [9.17, 15) is 4.79 Å². The van der Waals surface area contributed by atoms with Crippen LogP contribution in [0.1, 0.15) is 40.3 Å². The lowest BCUT2D eigenvalue weighted by Gasteiger charge is -2.28. The lowest BCUT2D eigenvalue weighted by molar-refractivity contribution is 0.0252. The third-order valence-electron chi connectivity index (χ3n) is 5.64. The van der Waals surface area contributed by atoms with Gasteiger partial charge in [0.1, 0.15) is 0 Å². The van der Waals surface area contributed by atoms with Gasteiger partial charge in [0, 0.05) is 24.2 Å². The van der Waals surface area contributed by atoms with Gasteiger partial charge < -0.3 is 9.64 Å². The van der Waals surface area contributed by atoms with E-state index in [1.807, 2.05) is 47.5 Å². The SMILES string of the molecule is Cc1cccc(COC[C@]23CCC[C@H]2CN(C(=O)c2cccs2)C3)n1. The Morgan fingerprint density at radius 1 is 1.40 bits per heavy atom. The summed E-state index contributed by atoms with van der Waals surface area (Å²) in [5.74, 6) is 0.756. The minimum absolute atomic E-state index is 0.136. The molecule has 1 amide bonds. The summed E-state index contributed by atoms with van der Waals surface area (Å²) in [6.45, 7) is 4.98. The Kier molecular flexibility index (Phi) is 4.61. The molecule has 132 valence electrons. The molecule has 1 aliphatic carbocycles. The summed E-state index contributed by atoms with van der Waals surface area (Å²) in [7, 11) is 0. The Hall–Kier alpha value is -1.72. The van der Waals surface area contributed by atoms with Crippen LogP contribution in [-0.2, 0) is 11.3 Å². The number of hydrogen-bond donors (Lipinski definition) is 0. The average molecular weight is 356 g/mol. The van der Waals surface area contributed by atoms with Crippen LogP contribution in [0.25, 0.3) is 0 Å². The zero-order valence-corrected chi connectivity index (χ0v) is 15.4. The molecule has 5 heteroatoms. The van der Waals surface area contributed by atoms with Crippen molar-refractivity contribution in [2.45, 2.75) is 32.8 Å². The lowest BCUT2D eigenvalue weighted by atomic mass is 9.81. The Balaban J connectivity index is 1.40. The zero-order chi connectivity index (χ0) is 17.3. The number of aryl methyl sites for hydroxylation is 1. The number of amides is 1. The van der Waals surface area contributed by atoms with Gasteiger partial charge in [-0.15, -0.1) is 11.3 Å². The molecule has 2 atom stereocenters. The van der Waals surface area contributed by atoms with Crippen molar-refractivity contribution in [3.8, 4) is 0 Å². The van der Waals surface area contributed by atoms with Crippen molar-refractivity contribution in [2.75, 3.05) is 19.7 Å². The van der Waals surface area contributed by atoms with Gasteiger partial charge in [0.2, 0.25) is 0 Å². The molecule has 25 heavy (non-hydrogen) atoms. The van der Waals surface area contributed by atoms with E-state index in [1.165, 1.54) is 24.2 Å². The van der Waals surface area contributed by atoms with Gasteiger partial charge in [-0.05, 0) is 49.3 Å². The predicted octanol–water partition coefficient (Wildman–Crippen LogP) is 3.91. The van der Waals surface area contributed by atoms with Gasteiger partial charge in [-0.3, -0.25) is 9.78 Å². The third kappa shape index (κ3) is 3.35. The quantitative estimate of drug-likeness (QED) is 0.816. The largest absolute Gasteiger partial charge is 0.375 e. The maximum Gasteiger partial charge on any atom is 0.263 e. The fourth-order valence-corrected chi connectivity index (χ4v) is 5.09. The monoisotopic (exact) mass is 356 g/mol. The summed E-state index contributed by atoms with van der Waals surface area (Å²) in [4.78, 5) is 20.1. The minimum Gasteiger partial charge on any atom is -0.375 e. The number of carbonyl (C=O) groups is 1. The Labute approximate surface area is 152 Å². The fraction of sp³-hybridized carbons (Fsp3) is 0.500. The van der Waals surface area contributed by atoms with Gasteiger partial charge >= 0.3 is 0 Å². The molecule has 2 aromatic heterocycles. The highest BCUT2D eigenvalue weighted by Gasteiger charge is 2.50. The van der Waals surface area contributed by atoms with E-state index in [4.69, 9.17) is 4.74 Å². The molecule has 0 spiro atoms. The first-order valence-electron chi connectivity index (χ1n) is 8.99. The normalized spacial score (nSPS) is 25.3. The van der Waals surface area contributed by atoms with E-state index in [2.05, 4.69) is 4.98 Å². The molecule has 3 heterocycles. The van der Waals surface area contributed by atoms with Crippen molar-refractivity contribution in [2.24, 2.45) is 11.3 Å². The number of thiophene rings is 1. The number of nitrogens with zero attached hydrogens (tertiary/aromatic N) is 2. The van der Waals surface area contributed by atoms with Gasteiger partial charge in [0.05, 0.1) is 23.8 Å². The molecule has 1 saturated heterocycles.